The zero-order chi connectivity index (χ0) is 22.1. The maximum Gasteiger partial charge on any atom is 0.282 e. The number of carbonyl (C=O) groups is 2. The number of hydrogen-bond donors (Lipinski definition) is 1. The normalized spacial score (nSPS) is 13.7. The van der Waals surface area contributed by atoms with Crippen molar-refractivity contribution < 1.29 is 23.1 Å². The highest BCUT2D eigenvalue weighted by Crippen LogP contribution is 2.38. The van der Waals surface area contributed by atoms with Gasteiger partial charge in [-0.2, -0.15) is 0 Å². The summed E-state index contributed by atoms with van der Waals surface area (Å²) >= 11 is 0. The van der Waals surface area contributed by atoms with E-state index in [4.69, 9.17) is 4.74 Å². The number of methoxy groups -OCH3 is 1. The molecular weight excluding hydrogens is 402 g/mol. The van der Waals surface area contributed by atoms with E-state index in [1.165, 1.54) is 7.11 Å². The van der Waals surface area contributed by atoms with Gasteiger partial charge in [0.1, 0.15) is 23.1 Å². The molecule has 4 rings (SSSR count). The minimum absolute atomic E-state index is 0.0259. The van der Waals surface area contributed by atoms with Gasteiger partial charge in [0.05, 0.1) is 18.4 Å². The van der Waals surface area contributed by atoms with Crippen LogP contribution in [0.3, 0.4) is 0 Å². The van der Waals surface area contributed by atoms with Gasteiger partial charge >= 0.3 is 0 Å². The second kappa shape index (κ2) is 8.02. The summed E-state index contributed by atoms with van der Waals surface area (Å²) in [6.07, 6.45) is 0. The lowest BCUT2D eigenvalue weighted by Crippen LogP contribution is -2.33. The fourth-order valence-electron chi connectivity index (χ4n) is 3.41. The molecule has 0 saturated carbocycles. The van der Waals surface area contributed by atoms with E-state index in [2.05, 4.69) is 5.32 Å². The van der Waals surface area contributed by atoms with Crippen LogP contribution in [0.15, 0.2) is 72.4 Å². The molecule has 0 atom stereocenters. The summed E-state index contributed by atoms with van der Waals surface area (Å²) in [6.45, 7) is 1.92. The molecule has 156 valence electrons. The Bertz CT molecular complexity index is 1220. The van der Waals surface area contributed by atoms with Crippen LogP contribution in [0, 0.1) is 18.6 Å². The molecule has 1 heterocycles. The SMILES string of the molecule is COc1ccccc1C1=C(Nc2ccc(C)cc2)C(=O)N(c2ccc(F)cc2F)C1=O. The first-order valence-electron chi connectivity index (χ1n) is 9.46. The number of imide groups is 1. The highest BCUT2D eigenvalue weighted by Gasteiger charge is 2.42. The Morgan fingerprint density at radius 3 is 2.29 bits per heavy atom. The number of nitrogens with zero attached hydrogens (tertiary/aromatic N) is 1. The van der Waals surface area contributed by atoms with Crippen molar-refractivity contribution in [1.29, 1.82) is 0 Å². The third kappa shape index (κ3) is 3.66. The number of halogens is 2. The molecular formula is C24H18F2N2O3. The van der Waals surface area contributed by atoms with Gasteiger partial charge < -0.3 is 10.1 Å². The second-order valence-corrected chi connectivity index (χ2v) is 6.98. The molecule has 0 bridgehead atoms. The molecule has 0 radical (unpaired) electrons. The van der Waals surface area contributed by atoms with Crippen LogP contribution in [-0.2, 0) is 9.59 Å². The quantitative estimate of drug-likeness (QED) is 0.609. The van der Waals surface area contributed by atoms with Gasteiger partial charge in [-0.15, -0.1) is 0 Å². The number of para-hydroxylation sites is 1. The van der Waals surface area contributed by atoms with E-state index >= 15 is 0 Å². The van der Waals surface area contributed by atoms with E-state index in [1.807, 2.05) is 19.1 Å². The Kier molecular flexibility index (Phi) is 5.25. The molecule has 0 aliphatic carbocycles. The van der Waals surface area contributed by atoms with Crippen LogP contribution in [0.4, 0.5) is 20.2 Å². The lowest BCUT2D eigenvalue weighted by Gasteiger charge is -2.16. The molecule has 0 aromatic heterocycles. The minimum atomic E-state index is -1.02. The fraction of sp³-hybridized carbons (Fsp3) is 0.0833. The van der Waals surface area contributed by atoms with Gasteiger partial charge in [0.2, 0.25) is 0 Å². The summed E-state index contributed by atoms with van der Waals surface area (Å²) in [5.74, 6) is -2.94. The summed E-state index contributed by atoms with van der Waals surface area (Å²) in [5.41, 5.74) is 1.66. The van der Waals surface area contributed by atoms with Crippen LogP contribution < -0.4 is 15.0 Å². The van der Waals surface area contributed by atoms with E-state index in [0.29, 0.717) is 28.0 Å². The standard InChI is InChI=1S/C24H18F2N2O3/c1-14-7-10-16(11-8-14)27-22-21(17-5-3-4-6-20(17)31-2)23(29)28(24(22)30)19-12-9-15(25)13-18(19)26/h3-13,27H,1-2H3. The highest BCUT2D eigenvalue weighted by atomic mass is 19.1. The largest absolute Gasteiger partial charge is 0.496 e. The molecule has 1 N–H and O–H groups in total. The molecule has 2 amide bonds. The smallest absolute Gasteiger partial charge is 0.282 e. The Morgan fingerprint density at radius 2 is 1.61 bits per heavy atom. The van der Waals surface area contributed by atoms with Crippen LogP contribution in [0.5, 0.6) is 5.75 Å². The molecule has 5 nitrogen and oxygen atoms in total. The predicted molar refractivity (Wildman–Crippen MR) is 114 cm³/mol. The van der Waals surface area contributed by atoms with E-state index in [1.54, 1.807) is 36.4 Å². The van der Waals surface area contributed by atoms with Crippen LogP contribution in [0.1, 0.15) is 11.1 Å². The maximum absolute atomic E-state index is 14.5. The molecule has 3 aromatic rings. The third-order valence-electron chi connectivity index (χ3n) is 4.93. The number of ether oxygens (including phenoxy) is 1. The van der Waals surface area contributed by atoms with E-state index in [-0.39, 0.29) is 17.0 Å². The molecule has 31 heavy (non-hydrogen) atoms. The van der Waals surface area contributed by atoms with Crippen molar-refractivity contribution in [3.8, 4) is 5.75 Å². The van der Waals surface area contributed by atoms with E-state index in [9.17, 15) is 18.4 Å². The number of benzene rings is 3. The molecule has 0 fully saturated rings. The number of nitrogens with one attached hydrogen (secondary N) is 1. The van der Waals surface area contributed by atoms with Crippen molar-refractivity contribution in [2.75, 3.05) is 17.3 Å². The summed E-state index contributed by atoms with van der Waals surface area (Å²) in [4.78, 5) is 27.4. The fourth-order valence-corrected chi connectivity index (χ4v) is 3.41. The Morgan fingerprint density at radius 1 is 0.903 bits per heavy atom. The number of hydrogen-bond acceptors (Lipinski definition) is 4. The van der Waals surface area contributed by atoms with E-state index < -0.39 is 23.4 Å². The van der Waals surface area contributed by atoms with Gasteiger partial charge in [-0.1, -0.05) is 35.9 Å². The summed E-state index contributed by atoms with van der Waals surface area (Å²) in [6, 6.07) is 16.6. The Balaban J connectivity index is 1.87. The Labute approximate surface area is 177 Å². The molecule has 1 aliphatic rings. The first-order chi connectivity index (χ1) is 14.9. The van der Waals surface area contributed by atoms with Gasteiger partial charge in [0.25, 0.3) is 11.8 Å². The Hall–Kier alpha value is -4.00. The molecule has 7 heteroatoms. The van der Waals surface area contributed by atoms with Gasteiger partial charge in [0, 0.05) is 17.3 Å². The molecule has 3 aromatic carbocycles. The lowest BCUT2D eigenvalue weighted by atomic mass is 10.0. The number of anilines is 2. The van der Waals surface area contributed by atoms with Crippen molar-refractivity contribution in [3.05, 3.63) is 95.2 Å². The second-order valence-electron chi connectivity index (χ2n) is 6.98. The summed E-state index contributed by atoms with van der Waals surface area (Å²) in [5, 5.41) is 2.99. The monoisotopic (exact) mass is 420 g/mol. The first kappa shape index (κ1) is 20.3. The van der Waals surface area contributed by atoms with Crippen LogP contribution in [0.2, 0.25) is 0 Å². The average Bonchev–Trinajstić information content (AvgIpc) is 2.99. The van der Waals surface area contributed by atoms with Crippen molar-refractivity contribution >= 4 is 28.8 Å². The zero-order valence-corrected chi connectivity index (χ0v) is 16.8. The van der Waals surface area contributed by atoms with Gasteiger partial charge in [-0.3, -0.25) is 9.59 Å². The van der Waals surface area contributed by atoms with Gasteiger partial charge in [0.15, 0.2) is 0 Å². The topological polar surface area (TPSA) is 58.6 Å². The van der Waals surface area contributed by atoms with Crippen molar-refractivity contribution in [2.45, 2.75) is 6.92 Å². The minimum Gasteiger partial charge on any atom is -0.496 e. The van der Waals surface area contributed by atoms with Crippen molar-refractivity contribution in [3.63, 3.8) is 0 Å². The molecule has 0 unspecified atom stereocenters. The van der Waals surface area contributed by atoms with Crippen molar-refractivity contribution in [1.82, 2.24) is 0 Å². The summed E-state index contributed by atoms with van der Waals surface area (Å²) in [7, 11) is 1.45. The predicted octanol–water partition coefficient (Wildman–Crippen LogP) is 4.68. The third-order valence-corrected chi connectivity index (χ3v) is 4.93. The average molecular weight is 420 g/mol. The molecule has 0 saturated heterocycles. The van der Waals surface area contributed by atoms with Crippen LogP contribution >= 0.6 is 0 Å². The highest BCUT2D eigenvalue weighted by molar-refractivity contribution is 6.46. The van der Waals surface area contributed by atoms with Crippen molar-refractivity contribution in [2.24, 2.45) is 0 Å². The van der Waals surface area contributed by atoms with Gasteiger partial charge in [-0.25, -0.2) is 13.7 Å². The van der Waals surface area contributed by atoms with Gasteiger partial charge in [-0.05, 0) is 37.3 Å². The molecule has 1 aliphatic heterocycles. The number of carbonyl (C=O) groups excluding carboxylic acids is 2. The maximum atomic E-state index is 14.5. The number of aryl methyl sites for hydroxylation is 1. The van der Waals surface area contributed by atoms with Crippen LogP contribution in [-0.4, -0.2) is 18.9 Å². The number of amides is 2. The first-order valence-corrected chi connectivity index (χ1v) is 9.46. The molecule has 0 spiro atoms. The summed E-state index contributed by atoms with van der Waals surface area (Å²) < 4.78 is 33.2. The van der Waals surface area contributed by atoms with E-state index in [0.717, 1.165) is 17.7 Å². The number of rotatable bonds is 5. The lowest BCUT2D eigenvalue weighted by molar-refractivity contribution is -0.120. The van der Waals surface area contributed by atoms with Crippen LogP contribution in [0.25, 0.3) is 5.57 Å². The zero-order valence-electron chi connectivity index (χ0n) is 16.8.